The second-order valence-electron chi connectivity index (χ2n) is 9.65. The molecule has 0 amide bonds. The number of ether oxygens (including phenoxy) is 1. The van der Waals surface area contributed by atoms with Crippen LogP contribution >= 0.6 is 11.3 Å². The van der Waals surface area contributed by atoms with Crippen molar-refractivity contribution in [1.82, 2.24) is 15.0 Å². The molecule has 3 rings (SSSR count). The number of anilines is 2. The van der Waals surface area contributed by atoms with Gasteiger partial charge in [0, 0.05) is 55.7 Å². The minimum Gasteiger partial charge on any atom is -0.497 e. The van der Waals surface area contributed by atoms with Gasteiger partial charge in [-0.25, -0.2) is 9.97 Å². The van der Waals surface area contributed by atoms with Crippen LogP contribution in [0.1, 0.15) is 76.4 Å². The van der Waals surface area contributed by atoms with Crippen LogP contribution in [0.25, 0.3) is 10.6 Å². The van der Waals surface area contributed by atoms with E-state index in [2.05, 4.69) is 42.3 Å². The fourth-order valence-corrected chi connectivity index (χ4v) is 5.00. The first-order chi connectivity index (χ1) is 22.4. The maximum absolute atomic E-state index is 10.3. The van der Waals surface area contributed by atoms with E-state index in [1.165, 1.54) is 0 Å². The Morgan fingerprint density at radius 2 is 1.80 bits per heavy atom. The number of nitrogens with zero attached hydrogens (tertiary/aromatic N) is 4. The normalized spacial score (nSPS) is 12.0. The molecule has 1 aromatic carbocycles. The third-order valence-corrected chi connectivity index (χ3v) is 7.59. The molecule has 1 unspecified atom stereocenters. The lowest BCUT2D eigenvalue weighted by molar-refractivity contribution is 0.120. The van der Waals surface area contributed by atoms with Gasteiger partial charge in [0.15, 0.2) is 0 Å². The smallest absolute Gasteiger partial charge is 0.225 e. The van der Waals surface area contributed by atoms with Crippen molar-refractivity contribution >= 4 is 28.8 Å². The Balaban J connectivity index is 0.00000318. The molecule has 2 aromatic heterocycles. The zero-order valence-corrected chi connectivity index (χ0v) is 29.6. The highest BCUT2D eigenvalue weighted by Crippen LogP contribution is 2.34. The Bertz CT molecular complexity index is 1310. The molecule has 0 aliphatic rings. The molecule has 0 fully saturated rings. The summed E-state index contributed by atoms with van der Waals surface area (Å²) in [6, 6.07) is 7.82. The Kier molecular flexibility index (Phi) is 23.3. The molecule has 11 heteroatoms. The van der Waals surface area contributed by atoms with E-state index in [9.17, 15) is 10.2 Å². The zero-order valence-electron chi connectivity index (χ0n) is 28.7. The second-order valence-corrected chi connectivity index (χ2v) is 10.8. The van der Waals surface area contributed by atoms with Crippen molar-refractivity contribution in [2.75, 3.05) is 31.5 Å². The third-order valence-electron chi connectivity index (χ3n) is 6.55. The molecule has 0 radical (unpaired) electrons. The predicted octanol–water partition coefficient (Wildman–Crippen LogP) is 6.66. The lowest BCUT2D eigenvalue weighted by Gasteiger charge is -2.23. The fraction of sp³-hybridized carbons (Fsp3) is 0.486. The number of benzene rings is 1. The van der Waals surface area contributed by atoms with Crippen molar-refractivity contribution < 1.29 is 20.1 Å². The highest BCUT2D eigenvalue weighted by atomic mass is 32.1. The molecule has 0 saturated heterocycles. The largest absolute Gasteiger partial charge is 0.497 e. The van der Waals surface area contributed by atoms with E-state index in [-0.39, 0.29) is 12.6 Å². The lowest BCUT2D eigenvalue weighted by atomic mass is 10.0. The molecule has 10 nitrogen and oxygen atoms in total. The molecule has 0 spiro atoms. The highest BCUT2D eigenvalue weighted by Gasteiger charge is 2.21. The zero-order chi connectivity index (χ0) is 34.9. The number of aliphatic imine (C=N–C) groups is 1. The molecule has 3 aromatic rings. The number of allylic oxidation sites excluding steroid dienone is 1. The summed E-state index contributed by atoms with van der Waals surface area (Å²) in [6.07, 6.45) is 16.5. The first-order valence-corrected chi connectivity index (χ1v) is 16.4. The standard InChI is InChI=1S/C30H42N6O3S.C2H6.C2H2.CH4O/c1-6-20(3)31-15-8-9-26-19-32-29(40-26)27-21(4)34-30(33-18-22-10-12-25(39-5)13-11-22)36-28(27)35-23(7-2)17-24(38)14-16-37;3*1-2/h8,10-13,15,19,23-24,37-38H,6-7,9,14,16-18H2,1-5H3,(H2,33,34,35,36);1-2H3;1-2H;2H,1H3/t23-,24?;;;/m1.../s1. The molecule has 0 bridgehead atoms. The average molecular weight is 655 g/mol. The number of nitrogens with one attached hydrogen (secondary N) is 2. The molecule has 5 N–H and O–H groups in total. The quantitative estimate of drug-likeness (QED) is 0.0845. The monoisotopic (exact) mass is 654 g/mol. The SMILES string of the molecule is C#C.CC.CCC(C)=NC=CCc1cnc(-c2c(C)nc(NCc3ccc(OC)cc3)nc2N[C@H](CC)CC(O)CCO)s1.CO. The number of methoxy groups -OCH3 is 1. The number of terminal acetylenes is 1. The Labute approximate surface area is 280 Å². The summed E-state index contributed by atoms with van der Waals surface area (Å²) < 4.78 is 5.25. The number of aliphatic hydroxyl groups is 3. The number of hydrogen-bond acceptors (Lipinski definition) is 11. The first-order valence-electron chi connectivity index (χ1n) is 15.6. The molecule has 254 valence electrons. The summed E-state index contributed by atoms with van der Waals surface area (Å²) in [5, 5.41) is 34.3. The van der Waals surface area contributed by atoms with Crippen LogP contribution in [-0.4, -0.2) is 69.0 Å². The maximum Gasteiger partial charge on any atom is 0.225 e. The molecular formula is C35H54N6O4S. The van der Waals surface area contributed by atoms with Crippen LogP contribution in [0.3, 0.4) is 0 Å². The van der Waals surface area contributed by atoms with E-state index < -0.39 is 6.10 Å². The molecule has 0 aliphatic carbocycles. The van der Waals surface area contributed by atoms with Crippen LogP contribution in [0.15, 0.2) is 47.7 Å². The van der Waals surface area contributed by atoms with Gasteiger partial charge in [-0.05, 0) is 57.2 Å². The predicted molar refractivity (Wildman–Crippen MR) is 194 cm³/mol. The third kappa shape index (κ3) is 15.0. The molecule has 0 aliphatic heterocycles. The number of thiazole rings is 1. The van der Waals surface area contributed by atoms with Gasteiger partial charge in [0.1, 0.15) is 16.6 Å². The number of aromatic nitrogens is 3. The van der Waals surface area contributed by atoms with Crippen molar-refractivity contribution in [3.05, 3.63) is 58.9 Å². The van der Waals surface area contributed by atoms with E-state index in [0.29, 0.717) is 31.2 Å². The van der Waals surface area contributed by atoms with Crippen LogP contribution in [0.5, 0.6) is 5.75 Å². The number of aryl methyl sites for hydroxylation is 1. The van der Waals surface area contributed by atoms with Crippen LogP contribution in [0, 0.1) is 19.8 Å². The van der Waals surface area contributed by atoms with E-state index in [0.717, 1.165) is 64.5 Å². The Morgan fingerprint density at radius 1 is 1.13 bits per heavy atom. The van der Waals surface area contributed by atoms with Gasteiger partial charge >= 0.3 is 0 Å². The van der Waals surface area contributed by atoms with Crippen molar-refractivity contribution in [1.29, 1.82) is 0 Å². The van der Waals surface area contributed by atoms with Crippen molar-refractivity contribution in [2.24, 2.45) is 4.99 Å². The lowest BCUT2D eigenvalue weighted by Crippen LogP contribution is -2.26. The minimum absolute atomic E-state index is 0.0360. The summed E-state index contributed by atoms with van der Waals surface area (Å²) in [7, 11) is 2.65. The summed E-state index contributed by atoms with van der Waals surface area (Å²) in [4.78, 5) is 19.9. The molecule has 2 heterocycles. The molecular weight excluding hydrogens is 600 g/mol. The van der Waals surface area contributed by atoms with E-state index >= 15 is 0 Å². The molecule has 2 atom stereocenters. The second kappa shape index (κ2) is 25.4. The van der Waals surface area contributed by atoms with Crippen molar-refractivity contribution in [3.8, 4) is 29.2 Å². The van der Waals surface area contributed by atoms with Gasteiger partial charge in [-0.1, -0.05) is 45.9 Å². The summed E-state index contributed by atoms with van der Waals surface area (Å²) in [5.41, 5.74) is 3.83. The molecule has 46 heavy (non-hydrogen) atoms. The van der Waals surface area contributed by atoms with Crippen LogP contribution < -0.4 is 15.4 Å². The van der Waals surface area contributed by atoms with E-state index in [4.69, 9.17) is 24.8 Å². The van der Waals surface area contributed by atoms with Crippen LogP contribution in [0.4, 0.5) is 11.8 Å². The number of rotatable bonds is 16. The maximum atomic E-state index is 10.3. The topological polar surface area (TPSA) is 145 Å². The van der Waals surface area contributed by atoms with Gasteiger partial charge in [0.2, 0.25) is 5.95 Å². The van der Waals surface area contributed by atoms with Crippen molar-refractivity contribution in [3.63, 3.8) is 0 Å². The van der Waals surface area contributed by atoms with Crippen LogP contribution in [0.2, 0.25) is 0 Å². The van der Waals surface area contributed by atoms with Gasteiger partial charge in [0.05, 0.1) is 24.5 Å². The fourth-order valence-electron chi connectivity index (χ4n) is 4.01. The van der Waals surface area contributed by atoms with E-state index in [1.54, 1.807) is 18.4 Å². The highest BCUT2D eigenvalue weighted by molar-refractivity contribution is 7.15. The van der Waals surface area contributed by atoms with Gasteiger partial charge in [-0.2, -0.15) is 4.98 Å². The minimum atomic E-state index is -0.598. The van der Waals surface area contributed by atoms with Gasteiger partial charge in [-0.3, -0.25) is 4.99 Å². The van der Waals surface area contributed by atoms with Crippen molar-refractivity contribution in [2.45, 2.75) is 92.3 Å². The van der Waals surface area contributed by atoms with Gasteiger partial charge in [-0.15, -0.1) is 24.2 Å². The summed E-state index contributed by atoms with van der Waals surface area (Å²) in [5.74, 6) is 1.99. The Morgan fingerprint density at radius 3 is 2.39 bits per heavy atom. The molecule has 0 saturated carbocycles. The van der Waals surface area contributed by atoms with Gasteiger partial charge < -0.3 is 30.7 Å². The number of aliphatic hydroxyl groups excluding tert-OH is 3. The van der Waals surface area contributed by atoms with Gasteiger partial charge in [0.25, 0.3) is 0 Å². The summed E-state index contributed by atoms with van der Waals surface area (Å²) in [6.45, 7) is 12.7. The average Bonchev–Trinajstić information content (AvgIpc) is 3.56. The number of hydrogen-bond donors (Lipinski definition) is 5. The summed E-state index contributed by atoms with van der Waals surface area (Å²) >= 11 is 1.61. The van der Waals surface area contributed by atoms with E-state index in [1.807, 2.05) is 70.4 Å². The Hall–Kier alpha value is -3.82. The van der Waals surface area contributed by atoms with Crippen LogP contribution in [-0.2, 0) is 13.0 Å². The first kappa shape index (κ1) is 42.2.